The number of hydrogen-bond donors (Lipinski definition) is 1. The van der Waals surface area contributed by atoms with Crippen molar-refractivity contribution in [3.8, 4) is 11.3 Å². The van der Waals surface area contributed by atoms with Gasteiger partial charge in [0.25, 0.3) is 5.91 Å². The minimum atomic E-state index is -0.720. The first-order chi connectivity index (χ1) is 19.0. The average molecular weight is 528 g/mol. The Labute approximate surface area is 225 Å². The van der Waals surface area contributed by atoms with E-state index in [4.69, 9.17) is 0 Å². The van der Waals surface area contributed by atoms with Crippen molar-refractivity contribution in [3.05, 3.63) is 108 Å². The Bertz CT molecular complexity index is 1440. The molecule has 5 rings (SSSR count). The third kappa shape index (κ3) is 6.49. The molecule has 1 aliphatic heterocycles. The summed E-state index contributed by atoms with van der Waals surface area (Å²) in [4.78, 5) is 39.6. The lowest BCUT2D eigenvalue weighted by Crippen LogP contribution is -2.38. The Morgan fingerprint density at radius 2 is 1.64 bits per heavy atom. The lowest BCUT2D eigenvalue weighted by Gasteiger charge is -2.32. The van der Waals surface area contributed by atoms with Gasteiger partial charge >= 0.3 is 0 Å². The van der Waals surface area contributed by atoms with Crippen molar-refractivity contribution in [1.29, 1.82) is 0 Å². The summed E-state index contributed by atoms with van der Waals surface area (Å²) >= 11 is 0. The molecule has 1 N–H and O–H groups in total. The Hall–Kier alpha value is -4.53. The maximum absolute atomic E-state index is 13.8. The summed E-state index contributed by atoms with van der Waals surface area (Å²) in [7, 11) is 0. The number of aryl methyl sites for hydroxylation is 1. The lowest BCUT2D eigenvalue weighted by atomic mass is 9.89. The van der Waals surface area contributed by atoms with E-state index in [1.807, 2.05) is 24.3 Å². The molecule has 0 radical (unpaired) electrons. The number of hydrogen-bond acceptors (Lipinski definition) is 5. The highest BCUT2D eigenvalue weighted by molar-refractivity contribution is 6.00. The van der Waals surface area contributed by atoms with Crippen LogP contribution >= 0.6 is 0 Å². The molecule has 39 heavy (non-hydrogen) atoms. The highest BCUT2D eigenvalue weighted by atomic mass is 19.1. The first-order valence-electron chi connectivity index (χ1n) is 12.8. The Kier molecular flexibility index (Phi) is 7.96. The second-order valence-corrected chi connectivity index (χ2v) is 9.54. The van der Waals surface area contributed by atoms with Crippen LogP contribution < -0.4 is 5.32 Å². The van der Waals surface area contributed by atoms with Crippen molar-refractivity contribution in [2.45, 2.75) is 31.6 Å². The fraction of sp³-hybridized carbons (Fsp3) is 0.233. The lowest BCUT2D eigenvalue weighted by molar-refractivity contribution is -0.116. The number of halogens is 2. The summed E-state index contributed by atoms with van der Waals surface area (Å²) in [6.07, 6.45) is 8.84. The summed E-state index contributed by atoms with van der Waals surface area (Å²) in [5.41, 5.74) is 3.61. The van der Waals surface area contributed by atoms with Gasteiger partial charge in [0.15, 0.2) is 0 Å². The van der Waals surface area contributed by atoms with Gasteiger partial charge in [-0.25, -0.2) is 18.7 Å². The average Bonchev–Trinajstić information content (AvgIpc) is 2.96. The quantitative estimate of drug-likeness (QED) is 0.347. The zero-order valence-electron chi connectivity index (χ0n) is 21.2. The maximum atomic E-state index is 13.8. The molecule has 3 heterocycles. The third-order valence-corrected chi connectivity index (χ3v) is 6.88. The van der Waals surface area contributed by atoms with Crippen LogP contribution in [0.5, 0.6) is 0 Å². The minimum Gasteiger partial charge on any atom is -0.339 e. The van der Waals surface area contributed by atoms with E-state index in [1.165, 1.54) is 24.7 Å². The molecule has 1 saturated heterocycles. The summed E-state index contributed by atoms with van der Waals surface area (Å²) in [6, 6.07) is 14.3. The molecule has 2 aromatic heterocycles. The zero-order chi connectivity index (χ0) is 27.2. The van der Waals surface area contributed by atoms with E-state index in [2.05, 4.69) is 20.3 Å². The Morgan fingerprint density at radius 3 is 2.33 bits per heavy atom. The van der Waals surface area contributed by atoms with Crippen LogP contribution in [0.2, 0.25) is 0 Å². The van der Waals surface area contributed by atoms with Crippen LogP contribution in [0, 0.1) is 11.6 Å². The van der Waals surface area contributed by atoms with E-state index >= 15 is 0 Å². The predicted molar refractivity (Wildman–Crippen MR) is 143 cm³/mol. The second-order valence-electron chi connectivity index (χ2n) is 9.54. The molecule has 1 fully saturated rings. The van der Waals surface area contributed by atoms with E-state index in [-0.39, 0.29) is 29.0 Å². The third-order valence-electron chi connectivity index (χ3n) is 6.88. The minimum absolute atomic E-state index is 0.0748. The number of carbonyl (C=O) groups excluding carboxylic acids is 2. The number of likely N-dealkylation sites (tertiary alicyclic amines) is 1. The molecule has 0 spiro atoms. The smallest absolute Gasteiger partial charge is 0.256 e. The number of amides is 2. The van der Waals surface area contributed by atoms with Crippen LogP contribution in [0.3, 0.4) is 0 Å². The summed E-state index contributed by atoms with van der Waals surface area (Å²) in [5.74, 6) is -1.44. The van der Waals surface area contributed by atoms with Gasteiger partial charge in [-0.1, -0.05) is 12.1 Å². The highest BCUT2D eigenvalue weighted by Gasteiger charge is 2.26. The zero-order valence-corrected chi connectivity index (χ0v) is 21.2. The van der Waals surface area contributed by atoms with Gasteiger partial charge in [0.2, 0.25) is 5.91 Å². The van der Waals surface area contributed by atoms with Crippen molar-refractivity contribution in [2.75, 3.05) is 18.4 Å². The molecule has 198 valence electrons. The van der Waals surface area contributed by atoms with Gasteiger partial charge < -0.3 is 10.2 Å². The molecule has 0 atom stereocenters. The fourth-order valence-corrected chi connectivity index (χ4v) is 4.86. The molecule has 0 unspecified atom stereocenters. The van der Waals surface area contributed by atoms with Crippen molar-refractivity contribution in [1.82, 2.24) is 19.9 Å². The van der Waals surface area contributed by atoms with Crippen LogP contribution in [0.25, 0.3) is 11.3 Å². The number of nitrogens with zero attached hydrogens (tertiary/aromatic N) is 4. The molecular weight excluding hydrogens is 500 g/mol. The second kappa shape index (κ2) is 11.9. The number of aromatic nitrogens is 3. The van der Waals surface area contributed by atoms with Crippen molar-refractivity contribution < 1.29 is 18.4 Å². The molecule has 1 aliphatic rings. The molecule has 0 saturated carbocycles. The van der Waals surface area contributed by atoms with E-state index in [0.717, 1.165) is 35.7 Å². The molecule has 0 bridgehead atoms. The number of piperidine rings is 1. The van der Waals surface area contributed by atoms with Gasteiger partial charge in [0.05, 0.1) is 11.3 Å². The monoisotopic (exact) mass is 527 g/mol. The highest BCUT2D eigenvalue weighted by Crippen LogP contribution is 2.31. The number of pyridine rings is 1. The van der Waals surface area contributed by atoms with Crippen molar-refractivity contribution in [2.24, 2.45) is 0 Å². The standard InChI is InChI=1S/C30H27F2N5O2/c31-24-14-23(15-25(32)16-24)29-27(2-1-11-35-29)30(39)37-12-9-22(10-13-37)21-4-6-26(7-5-21)36-28(38)8-3-20-17-33-19-34-18-20/h1-2,4-7,11,14-19,22H,3,8-10,12-13H2,(H,36,38). The molecule has 4 aromatic rings. The van der Waals surface area contributed by atoms with Gasteiger partial charge in [0.1, 0.15) is 18.0 Å². The van der Waals surface area contributed by atoms with Gasteiger partial charge in [-0.15, -0.1) is 0 Å². The van der Waals surface area contributed by atoms with Crippen LogP contribution in [-0.4, -0.2) is 44.8 Å². The Balaban J connectivity index is 1.17. The number of nitrogens with one attached hydrogen (secondary N) is 1. The first kappa shape index (κ1) is 26.1. The van der Waals surface area contributed by atoms with Crippen LogP contribution in [0.1, 0.15) is 46.7 Å². The predicted octanol–water partition coefficient (Wildman–Crippen LogP) is 5.41. The van der Waals surface area contributed by atoms with Gasteiger partial charge in [-0.3, -0.25) is 14.6 Å². The van der Waals surface area contributed by atoms with E-state index < -0.39 is 11.6 Å². The molecule has 0 aliphatic carbocycles. The molecule has 7 nitrogen and oxygen atoms in total. The van der Waals surface area contributed by atoms with Gasteiger partial charge in [-0.05, 0) is 72.7 Å². The number of rotatable bonds is 7. The summed E-state index contributed by atoms with van der Waals surface area (Å²) < 4.78 is 27.6. The number of benzene rings is 2. The van der Waals surface area contributed by atoms with Crippen molar-refractivity contribution in [3.63, 3.8) is 0 Å². The number of carbonyl (C=O) groups is 2. The molecule has 9 heteroatoms. The maximum Gasteiger partial charge on any atom is 0.256 e. The summed E-state index contributed by atoms with van der Waals surface area (Å²) in [5, 5.41) is 2.92. The van der Waals surface area contributed by atoms with Crippen LogP contribution in [0.4, 0.5) is 14.5 Å². The Morgan fingerprint density at radius 1 is 0.949 bits per heavy atom. The first-order valence-corrected chi connectivity index (χ1v) is 12.8. The van der Waals surface area contributed by atoms with E-state index in [9.17, 15) is 18.4 Å². The largest absolute Gasteiger partial charge is 0.339 e. The van der Waals surface area contributed by atoms with Gasteiger partial charge in [-0.2, -0.15) is 0 Å². The summed E-state index contributed by atoms with van der Waals surface area (Å²) in [6.45, 7) is 1.11. The molecule has 2 aromatic carbocycles. The van der Waals surface area contributed by atoms with E-state index in [0.29, 0.717) is 31.5 Å². The van der Waals surface area contributed by atoms with Crippen LogP contribution in [-0.2, 0) is 11.2 Å². The van der Waals surface area contributed by atoms with Crippen LogP contribution in [0.15, 0.2) is 79.5 Å². The number of anilines is 1. The normalized spacial score (nSPS) is 13.7. The fourth-order valence-electron chi connectivity index (χ4n) is 4.86. The molecular formula is C30H27F2N5O2. The van der Waals surface area contributed by atoms with E-state index in [1.54, 1.807) is 29.4 Å². The molecule has 2 amide bonds. The van der Waals surface area contributed by atoms with Gasteiger partial charge in [0, 0.05) is 55.4 Å². The topological polar surface area (TPSA) is 88.1 Å². The SMILES string of the molecule is O=C(CCc1cncnc1)Nc1ccc(C2CCN(C(=O)c3cccnc3-c3cc(F)cc(F)c3)CC2)cc1. The van der Waals surface area contributed by atoms with Crippen molar-refractivity contribution >= 4 is 17.5 Å².